The van der Waals surface area contributed by atoms with Crippen LogP contribution in [-0.4, -0.2) is 20.2 Å². The molecule has 5 heteroatoms. The smallest absolute Gasteiger partial charge is 0.337 e. The first-order chi connectivity index (χ1) is 7.51. The molecule has 0 radical (unpaired) electrons. The van der Waals surface area contributed by atoms with Crippen molar-refractivity contribution in [1.29, 1.82) is 0 Å². The van der Waals surface area contributed by atoms with Gasteiger partial charge in [-0.25, -0.2) is 9.18 Å². The Morgan fingerprint density at radius 3 is 2.50 bits per heavy atom. The van der Waals surface area contributed by atoms with Gasteiger partial charge in [0, 0.05) is 0 Å². The van der Waals surface area contributed by atoms with E-state index >= 15 is 0 Å². The predicted octanol–water partition coefficient (Wildman–Crippen LogP) is 2.67. The highest BCUT2D eigenvalue weighted by Gasteiger charge is 2.15. The van der Waals surface area contributed by atoms with Gasteiger partial charge in [-0.15, -0.1) is 0 Å². The average molecular weight is 245 g/mol. The van der Waals surface area contributed by atoms with Crippen molar-refractivity contribution in [1.82, 2.24) is 0 Å². The largest absolute Gasteiger partial charge is 0.492 e. The molecular formula is C11H10ClFO3. The minimum absolute atomic E-state index is 0.0333. The number of ether oxygens (including phenoxy) is 2. The fourth-order valence-corrected chi connectivity index (χ4v) is 1.46. The molecule has 1 rings (SSSR count). The van der Waals surface area contributed by atoms with E-state index < -0.39 is 11.8 Å². The molecule has 86 valence electrons. The molecule has 3 nitrogen and oxygen atoms in total. The van der Waals surface area contributed by atoms with Crippen molar-refractivity contribution in [3.8, 4) is 5.75 Å². The number of hydrogen-bond donors (Lipinski definition) is 0. The maximum Gasteiger partial charge on any atom is 0.337 e. The molecule has 0 bridgehead atoms. The van der Waals surface area contributed by atoms with E-state index in [1.807, 2.05) is 0 Å². The number of methoxy groups -OCH3 is 2. The molecule has 0 amide bonds. The summed E-state index contributed by atoms with van der Waals surface area (Å²) in [7, 11) is 2.52. The fraction of sp³-hybridized carbons (Fsp3) is 0.182. The van der Waals surface area contributed by atoms with E-state index in [1.54, 1.807) is 0 Å². The van der Waals surface area contributed by atoms with Crippen LogP contribution in [0.1, 0.15) is 5.56 Å². The molecule has 16 heavy (non-hydrogen) atoms. The summed E-state index contributed by atoms with van der Waals surface area (Å²) in [6.07, 6.45) is 0. The number of carbonyl (C=O) groups is 1. The quantitative estimate of drug-likeness (QED) is 0.606. The number of hydrogen-bond acceptors (Lipinski definition) is 3. The first-order valence-electron chi connectivity index (χ1n) is 4.32. The third-order valence-electron chi connectivity index (χ3n) is 1.98. The van der Waals surface area contributed by atoms with Gasteiger partial charge < -0.3 is 9.47 Å². The Bertz CT molecular complexity index is 420. The van der Waals surface area contributed by atoms with Crippen LogP contribution >= 0.6 is 11.6 Å². The van der Waals surface area contributed by atoms with Gasteiger partial charge in [0.05, 0.1) is 24.8 Å². The second-order valence-corrected chi connectivity index (χ2v) is 3.35. The normalized spacial score (nSPS) is 9.75. The molecule has 0 saturated carbocycles. The lowest BCUT2D eigenvalue weighted by Crippen LogP contribution is -2.03. The lowest BCUT2D eigenvalue weighted by atomic mass is 10.1. The molecule has 1 aromatic rings. The van der Waals surface area contributed by atoms with E-state index in [0.717, 1.165) is 6.07 Å². The van der Waals surface area contributed by atoms with E-state index in [9.17, 15) is 9.18 Å². The minimum Gasteiger partial charge on any atom is -0.492 e. The van der Waals surface area contributed by atoms with Crippen molar-refractivity contribution in [2.24, 2.45) is 0 Å². The van der Waals surface area contributed by atoms with Gasteiger partial charge in [0.15, 0.2) is 11.6 Å². The van der Waals surface area contributed by atoms with Gasteiger partial charge in [-0.05, 0) is 17.7 Å². The van der Waals surface area contributed by atoms with Crippen LogP contribution < -0.4 is 4.74 Å². The summed E-state index contributed by atoms with van der Waals surface area (Å²) in [4.78, 5) is 11.2. The van der Waals surface area contributed by atoms with Gasteiger partial charge in [-0.2, -0.15) is 0 Å². The van der Waals surface area contributed by atoms with Crippen molar-refractivity contribution >= 4 is 23.1 Å². The Hall–Kier alpha value is -1.55. The van der Waals surface area contributed by atoms with Crippen LogP contribution in [0.2, 0.25) is 5.02 Å². The molecule has 0 unspecified atom stereocenters. The summed E-state index contributed by atoms with van der Waals surface area (Å²) in [6.45, 7) is 3.49. The first kappa shape index (κ1) is 12.5. The van der Waals surface area contributed by atoms with E-state index in [4.69, 9.17) is 16.3 Å². The highest BCUT2D eigenvalue weighted by molar-refractivity contribution is 6.32. The lowest BCUT2D eigenvalue weighted by Gasteiger charge is -2.08. The summed E-state index contributed by atoms with van der Waals surface area (Å²) in [5, 5.41) is 0.0718. The molecule has 0 aromatic heterocycles. The molecule has 0 spiro atoms. The topological polar surface area (TPSA) is 35.5 Å². The van der Waals surface area contributed by atoms with Gasteiger partial charge in [-0.1, -0.05) is 18.2 Å². The van der Waals surface area contributed by atoms with Gasteiger partial charge >= 0.3 is 5.97 Å². The average Bonchev–Trinajstić information content (AvgIpc) is 2.26. The van der Waals surface area contributed by atoms with Crippen LogP contribution in [0.4, 0.5) is 4.39 Å². The summed E-state index contributed by atoms with van der Waals surface area (Å²) in [6, 6.07) is 2.51. The zero-order valence-corrected chi connectivity index (χ0v) is 9.60. The fourth-order valence-electron chi connectivity index (χ4n) is 1.17. The van der Waals surface area contributed by atoms with Crippen molar-refractivity contribution in [3.05, 3.63) is 35.1 Å². The zero-order chi connectivity index (χ0) is 12.3. The minimum atomic E-state index is -0.657. The Morgan fingerprint density at radius 2 is 2.06 bits per heavy atom. The monoisotopic (exact) mass is 244 g/mol. The number of halogens is 2. The van der Waals surface area contributed by atoms with Crippen LogP contribution in [0.15, 0.2) is 18.7 Å². The van der Waals surface area contributed by atoms with Crippen molar-refractivity contribution in [2.75, 3.05) is 14.2 Å². The molecule has 1 aromatic carbocycles. The molecule has 0 atom stereocenters. The first-order valence-corrected chi connectivity index (χ1v) is 4.69. The molecule has 0 aliphatic heterocycles. The van der Waals surface area contributed by atoms with Crippen molar-refractivity contribution < 1.29 is 18.7 Å². The van der Waals surface area contributed by atoms with Crippen molar-refractivity contribution in [3.63, 3.8) is 0 Å². The van der Waals surface area contributed by atoms with Crippen LogP contribution in [0.3, 0.4) is 0 Å². The van der Waals surface area contributed by atoms with E-state index in [0.29, 0.717) is 0 Å². The highest BCUT2D eigenvalue weighted by atomic mass is 35.5. The van der Waals surface area contributed by atoms with E-state index in [2.05, 4.69) is 11.3 Å². The molecule has 0 aliphatic rings. The molecule has 0 fully saturated rings. The second kappa shape index (κ2) is 4.99. The molecular weight excluding hydrogens is 235 g/mol. The summed E-state index contributed by atoms with van der Waals surface area (Å²) < 4.78 is 22.6. The SMILES string of the molecule is C=C(C(=O)OC)c1cc(F)c(OC)c(Cl)c1. The maximum absolute atomic E-state index is 13.4. The summed E-state index contributed by atoms with van der Waals surface area (Å²) in [5.74, 6) is -1.36. The number of benzene rings is 1. The molecule has 0 heterocycles. The number of esters is 1. The van der Waals surface area contributed by atoms with Gasteiger partial charge in [0.2, 0.25) is 0 Å². The molecule has 0 saturated heterocycles. The highest BCUT2D eigenvalue weighted by Crippen LogP contribution is 2.31. The third-order valence-corrected chi connectivity index (χ3v) is 2.26. The number of rotatable bonds is 3. The summed E-state index contributed by atoms with van der Waals surface area (Å²) in [5.41, 5.74) is 0.293. The predicted molar refractivity (Wildman–Crippen MR) is 59.0 cm³/mol. The Balaban J connectivity index is 3.18. The molecule has 0 aliphatic carbocycles. The van der Waals surface area contributed by atoms with E-state index in [1.165, 1.54) is 20.3 Å². The zero-order valence-electron chi connectivity index (χ0n) is 8.84. The van der Waals surface area contributed by atoms with Crippen LogP contribution in [0.25, 0.3) is 5.57 Å². The lowest BCUT2D eigenvalue weighted by molar-refractivity contribution is -0.133. The Labute approximate surface area is 97.4 Å². The standard InChI is InChI=1S/C11H10ClFO3/c1-6(11(14)16-3)7-4-8(12)10(15-2)9(13)5-7/h4-5H,1H2,2-3H3. The number of carbonyl (C=O) groups excluding carboxylic acids is 1. The Kier molecular flexibility index (Phi) is 3.90. The van der Waals surface area contributed by atoms with Gasteiger partial charge in [-0.3, -0.25) is 0 Å². The Morgan fingerprint density at radius 1 is 1.44 bits per heavy atom. The van der Waals surface area contributed by atoms with Crippen molar-refractivity contribution in [2.45, 2.75) is 0 Å². The van der Waals surface area contributed by atoms with Crippen LogP contribution in [0.5, 0.6) is 5.75 Å². The van der Waals surface area contributed by atoms with Crippen LogP contribution in [-0.2, 0) is 9.53 Å². The van der Waals surface area contributed by atoms with Gasteiger partial charge in [0.1, 0.15) is 0 Å². The second-order valence-electron chi connectivity index (χ2n) is 2.94. The van der Waals surface area contributed by atoms with Gasteiger partial charge in [0.25, 0.3) is 0 Å². The summed E-state index contributed by atoms with van der Waals surface area (Å²) >= 11 is 5.77. The van der Waals surface area contributed by atoms with Crippen LogP contribution in [0, 0.1) is 5.82 Å². The third kappa shape index (κ3) is 2.33. The molecule has 0 N–H and O–H groups in total. The maximum atomic E-state index is 13.4. The van der Waals surface area contributed by atoms with E-state index in [-0.39, 0.29) is 21.9 Å².